The van der Waals surface area contributed by atoms with Crippen molar-refractivity contribution < 1.29 is 24.9 Å². The second-order valence-corrected chi connectivity index (χ2v) is 6.48. The molecule has 0 unspecified atom stereocenters. The topological polar surface area (TPSA) is 94.8 Å². The first-order chi connectivity index (χ1) is 11.0. The normalized spacial score (nSPS) is 26.0. The summed E-state index contributed by atoms with van der Waals surface area (Å²) in [7, 11) is 0. The number of ketones is 1. The molecule has 1 saturated carbocycles. The van der Waals surface area contributed by atoms with Gasteiger partial charge >= 0.3 is 5.97 Å². The molecule has 4 atom stereocenters. The summed E-state index contributed by atoms with van der Waals surface area (Å²) < 4.78 is 0. The van der Waals surface area contributed by atoms with Crippen LogP contribution in [0.1, 0.15) is 64.7 Å². The lowest BCUT2D eigenvalue weighted by molar-refractivity contribution is -0.137. The summed E-state index contributed by atoms with van der Waals surface area (Å²) in [5, 5.41) is 28.4. The van der Waals surface area contributed by atoms with Crippen molar-refractivity contribution >= 4 is 11.8 Å². The second-order valence-electron chi connectivity index (χ2n) is 6.48. The van der Waals surface area contributed by atoms with Crippen LogP contribution in [0.15, 0.2) is 12.2 Å². The van der Waals surface area contributed by atoms with Crippen molar-refractivity contribution in [3.8, 4) is 0 Å². The lowest BCUT2D eigenvalue weighted by atomic mass is 9.91. The van der Waals surface area contributed by atoms with Gasteiger partial charge in [0.15, 0.2) is 0 Å². The van der Waals surface area contributed by atoms with E-state index >= 15 is 0 Å². The van der Waals surface area contributed by atoms with Gasteiger partial charge in [-0.05, 0) is 19.3 Å². The molecule has 0 aromatic rings. The SMILES string of the molecule is CC[C@H]1C(=O)C[C@H](O)[C@H]1/C=C/[C@@H](O)CCCCCCCC(=O)O. The standard InChI is InChI=1S/C18H30O5/c1-2-14-15(17(21)12-16(14)20)11-10-13(19)8-6-4-3-5-7-9-18(22)23/h10-11,13-15,17,19,21H,2-9,12H2,1H3,(H,22,23)/b11-10+/t13-,14+,15-,17-/m0/s1. The van der Waals surface area contributed by atoms with E-state index in [1.54, 1.807) is 12.2 Å². The fraction of sp³-hybridized carbons (Fsp3) is 0.778. The van der Waals surface area contributed by atoms with Crippen molar-refractivity contribution in [3.05, 3.63) is 12.2 Å². The van der Waals surface area contributed by atoms with Crippen LogP contribution in [0.3, 0.4) is 0 Å². The Balaban J connectivity index is 2.19. The van der Waals surface area contributed by atoms with Crippen LogP contribution in [0.2, 0.25) is 0 Å². The molecule has 1 aliphatic carbocycles. The van der Waals surface area contributed by atoms with Crippen LogP contribution >= 0.6 is 0 Å². The van der Waals surface area contributed by atoms with Gasteiger partial charge in [-0.3, -0.25) is 9.59 Å². The van der Waals surface area contributed by atoms with Crippen LogP contribution in [-0.4, -0.2) is 39.3 Å². The van der Waals surface area contributed by atoms with Gasteiger partial charge in [0, 0.05) is 24.7 Å². The van der Waals surface area contributed by atoms with Crippen LogP contribution in [-0.2, 0) is 9.59 Å². The van der Waals surface area contributed by atoms with Crippen molar-refractivity contribution in [1.82, 2.24) is 0 Å². The third-order valence-electron chi connectivity index (χ3n) is 4.62. The van der Waals surface area contributed by atoms with Gasteiger partial charge in [0.25, 0.3) is 0 Å². The number of aliphatic hydroxyl groups excluding tert-OH is 2. The average molecular weight is 326 g/mol. The molecular weight excluding hydrogens is 296 g/mol. The van der Waals surface area contributed by atoms with E-state index in [1.807, 2.05) is 6.92 Å². The number of carboxylic acid groups (broad SMARTS) is 1. The summed E-state index contributed by atoms with van der Waals surface area (Å²) in [6.45, 7) is 1.95. The Bertz CT molecular complexity index is 404. The minimum Gasteiger partial charge on any atom is -0.481 e. The largest absolute Gasteiger partial charge is 0.481 e. The van der Waals surface area contributed by atoms with Crippen LogP contribution < -0.4 is 0 Å². The molecule has 0 aromatic carbocycles. The number of rotatable bonds is 11. The van der Waals surface area contributed by atoms with E-state index in [0.29, 0.717) is 12.8 Å². The van der Waals surface area contributed by atoms with Gasteiger partial charge in [-0.1, -0.05) is 44.8 Å². The molecule has 1 aliphatic rings. The van der Waals surface area contributed by atoms with Crippen LogP contribution in [0.5, 0.6) is 0 Å². The number of unbranched alkanes of at least 4 members (excludes halogenated alkanes) is 4. The van der Waals surface area contributed by atoms with Crippen molar-refractivity contribution in [2.24, 2.45) is 11.8 Å². The van der Waals surface area contributed by atoms with E-state index in [0.717, 1.165) is 32.1 Å². The predicted molar refractivity (Wildman–Crippen MR) is 88.0 cm³/mol. The van der Waals surface area contributed by atoms with Crippen molar-refractivity contribution in [3.63, 3.8) is 0 Å². The lowest BCUT2D eigenvalue weighted by Gasteiger charge is -2.16. The minimum atomic E-state index is -0.747. The maximum atomic E-state index is 11.7. The Morgan fingerprint density at radius 1 is 1.26 bits per heavy atom. The van der Waals surface area contributed by atoms with Gasteiger partial charge < -0.3 is 15.3 Å². The summed E-state index contributed by atoms with van der Waals surface area (Å²) in [6.07, 6.45) is 8.65. The maximum absolute atomic E-state index is 11.7. The van der Waals surface area contributed by atoms with Gasteiger partial charge in [0.1, 0.15) is 5.78 Å². The Hall–Kier alpha value is -1.20. The summed E-state index contributed by atoms with van der Waals surface area (Å²) in [4.78, 5) is 22.1. The second kappa shape index (κ2) is 10.6. The van der Waals surface area contributed by atoms with Gasteiger partial charge in [0.2, 0.25) is 0 Å². The highest BCUT2D eigenvalue weighted by molar-refractivity contribution is 5.84. The van der Waals surface area contributed by atoms with E-state index in [-0.39, 0.29) is 30.5 Å². The van der Waals surface area contributed by atoms with Gasteiger partial charge in [-0.2, -0.15) is 0 Å². The molecule has 3 N–H and O–H groups in total. The number of carbonyl (C=O) groups excluding carboxylic acids is 1. The third-order valence-corrected chi connectivity index (χ3v) is 4.62. The zero-order valence-corrected chi connectivity index (χ0v) is 14.0. The van der Waals surface area contributed by atoms with E-state index in [1.165, 1.54) is 0 Å². The first-order valence-corrected chi connectivity index (χ1v) is 8.74. The first kappa shape index (κ1) is 19.8. The first-order valence-electron chi connectivity index (χ1n) is 8.74. The molecule has 0 spiro atoms. The summed E-state index contributed by atoms with van der Waals surface area (Å²) in [5.41, 5.74) is 0. The fourth-order valence-corrected chi connectivity index (χ4v) is 3.25. The zero-order valence-electron chi connectivity index (χ0n) is 14.0. The number of aliphatic carboxylic acids is 1. The van der Waals surface area contributed by atoms with Crippen LogP contribution in [0.4, 0.5) is 0 Å². The van der Waals surface area contributed by atoms with E-state index in [2.05, 4.69) is 0 Å². The summed E-state index contributed by atoms with van der Waals surface area (Å²) in [6, 6.07) is 0. The predicted octanol–water partition coefficient (Wildman–Crippen LogP) is 2.69. The molecular formula is C18H30O5. The molecule has 0 aliphatic heterocycles. The molecule has 0 radical (unpaired) electrons. The highest BCUT2D eigenvalue weighted by Gasteiger charge is 2.38. The molecule has 0 heterocycles. The molecule has 1 rings (SSSR count). The van der Waals surface area contributed by atoms with E-state index < -0.39 is 18.2 Å². The Morgan fingerprint density at radius 2 is 1.91 bits per heavy atom. The van der Waals surface area contributed by atoms with Gasteiger partial charge in [-0.15, -0.1) is 0 Å². The molecule has 0 bridgehead atoms. The van der Waals surface area contributed by atoms with E-state index in [4.69, 9.17) is 5.11 Å². The number of aliphatic hydroxyl groups is 2. The van der Waals surface area contributed by atoms with Crippen LogP contribution in [0.25, 0.3) is 0 Å². The van der Waals surface area contributed by atoms with Crippen LogP contribution in [0, 0.1) is 11.8 Å². The highest BCUT2D eigenvalue weighted by Crippen LogP contribution is 2.32. The monoisotopic (exact) mass is 326 g/mol. The van der Waals surface area contributed by atoms with E-state index in [9.17, 15) is 19.8 Å². The third kappa shape index (κ3) is 7.27. The molecule has 0 saturated heterocycles. The van der Waals surface area contributed by atoms with Crippen molar-refractivity contribution in [2.75, 3.05) is 0 Å². The number of hydrogen-bond acceptors (Lipinski definition) is 4. The van der Waals surface area contributed by atoms with Crippen molar-refractivity contribution in [2.45, 2.75) is 76.9 Å². The quantitative estimate of drug-likeness (QED) is 0.401. The Kier molecular flexibility index (Phi) is 9.10. The molecule has 5 heteroatoms. The Labute approximate surface area is 138 Å². The highest BCUT2D eigenvalue weighted by atomic mass is 16.4. The fourth-order valence-electron chi connectivity index (χ4n) is 3.25. The maximum Gasteiger partial charge on any atom is 0.303 e. The Morgan fingerprint density at radius 3 is 2.57 bits per heavy atom. The average Bonchev–Trinajstić information content (AvgIpc) is 2.76. The summed E-state index contributed by atoms with van der Waals surface area (Å²) in [5.74, 6) is -0.921. The minimum absolute atomic E-state index is 0.116. The number of carboxylic acids is 1. The molecule has 0 aromatic heterocycles. The zero-order chi connectivity index (χ0) is 17.2. The lowest BCUT2D eigenvalue weighted by Crippen LogP contribution is -2.18. The number of carbonyl (C=O) groups is 2. The molecule has 1 fully saturated rings. The van der Waals surface area contributed by atoms with Gasteiger partial charge in [0.05, 0.1) is 12.2 Å². The molecule has 23 heavy (non-hydrogen) atoms. The molecule has 132 valence electrons. The van der Waals surface area contributed by atoms with Gasteiger partial charge in [-0.25, -0.2) is 0 Å². The smallest absolute Gasteiger partial charge is 0.303 e. The molecule has 5 nitrogen and oxygen atoms in total. The number of Topliss-reactive ketones (excluding diaryl/α,β-unsaturated/α-hetero) is 1. The number of hydrogen-bond donors (Lipinski definition) is 3. The van der Waals surface area contributed by atoms with Crippen molar-refractivity contribution in [1.29, 1.82) is 0 Å². The summed E-state index contributed by atoms with van der Waals surface area (Å²) >= 11 is 0. The molecule has 0 amide bonds.